The Morgan fingerprint density at radius 3 is 0.273 bits per heavy atom. The average molecular weight is 1160 g/mol. The third-order valence-electron chi connectivity index (χ3n) is 16.0. The summed E-state index contributed by atoms with van der Waals surface area (Å²) in [5.41, 5.74) is -15.5. The molecule has 0 amide bonds. The van der Waals surface area contributed by atoms with Crippen molar-refractivity contribution in [3.05, 3.63) is 364 Å². The summed E-state index contributed by atoms with van der Waals surface area (Å²) in [6, 6.07) is 147. The van der Waals surface area contributed by atoms with Crippen molar-refractivity contribution in [3.8, 4) is 0 Å². The van der Waals surface area contributed by atoms with Gasteiger partial charge in [0.15, 0.2) is 0 Å². The van der Waals surface area contributed by atoms with E-state index in [9.17, 15) is 0 Å². The molecule has 0 aromatic heterocycles. The molecule has 12 rings (SSSR count). The topological polar surface area (TPSA) is 0 Å². The molecule has 0 nitrogen and oxygen atoms in total. The van der Waals surface area contributed by atoms with Crippen LogP contribution in [0.1, 0.15) is 0 Å². The van der Waals surface area contributed by atoms with E-state index in [2.05, 4.69) is 364 Å². The van der Waals surface area contributed by atoms with Crippen molar-refractivity contribution in [2.45, 2.75) is 0 Å². The van der Waals surface area contributed by atoms with E-state index in [4.69, 9.17) is 0 Å². The van der Waals surface area contributed by atoms with Gasteiger partial charge in [0.25, 0.3) is 0 Å². The Morgan fingerprint density at radius 1 is 0.117 bits per heavy atom. The van der Waals surface area contributed by atoms with Gasteiger partial charge in [-0.1, -0.05) is 0 Å². The summed E-state index contributed by atoms with van der Waals surface area (Å²) >= 11 is -5.50. The summed E-state index contributed by atoms with van der Waals surface area (Å²) in [6.07, 6.45) is 0. The second kappa shape index (κ2) is 22.5. The first-order valence-electron chi connectivity index (χ1n) is 26.7. The van der Waals surface area contributed by atoms with Crippen molar-refractivity contribution in [2.75, 3.05) is 0 Å². The summed E-state index contributed by atoms with van der Waals surface area (Å²) in [7, 11) is 0. The van der Waals surface area contributed by atoms with Crippen LogP contribution in [0.3, 0.4) is 0 Å². The molecule has 0 atom stereocenters. The maximum absolute atomic E-state index is 5.50. The van der Waals surface area contributed by atoms with E-state index < -0.39 is 35.2 Å². The molecule has 0 spiro atoms. The minimum absolute atomic E-state index is 1.47. The van der Waals surface area contributed by atoms with Gasteiger partial charge >= 0.3 is 463 Å². The molecule has 77 heavy (non-hydrogen) atoms. The third kappa shape index (κ3) is 7.98. The maximum atomic E-state index is 2.60. The van der Waals surface area contributed by atoms with Crippen molar-refractivity contribution in [1.82, 2.24) is 0 Å². The van der Waals surface area contributed by atoms with Crippen molar-refractivity contribution in [2.24, 2.45) is 0 Å². The summed E-state index contributed by atoms with van der Waals surface area (Å²) < 4.78 is 0. The quantitative estimate of drug-likeness (QED) is 0.0668. The first-order chi connectivity index (χ1) is 38.3. The molecule has 12 aromatic carbocycles. The monoisotopic (exact) mass is 1160 g/mol. The van der Waals surface area contributed by atoms with Crippen LogP contribution in [0.2, 0.25) is 0 Å². The molecular weight excluding hydrogens is 1090 g/mol. The summed E-state index contributed by atoms with van der Waals surface area (Å²) in [5.74, 6) is 0. The van der Waals surface area contributed by atoms with E-state index in [-0.39, 0.29) is 0 Å². The Labute approximate surface area is 459 Å². The number of hydrogen-bond acceptors (Lipinski definition) is 0. The third-order valence-corrected chi connectivity index (χ3v) is 147. The van der Waals surface area contributed by atoms with Gasteiger partial charge in [-0.15, -0.1) is 0 Å². The summed E-state index contributed by atoms with van der Waals surface area (Å²) in [4.78, 5) is 0. The molecule has 12 aromatic rings. The molecule has 0 saturated carbocycles. The minimum atomic E-state index is -5.50. The second-order valence-electron chi connectivity index (χ2n) is 19.7. The Morgan fingerprint density at radius 2 is 0.195 bits per heavy atom. The standard InChI is InChI=1S/4C18H15P.Ru.2H/c4*1-4-10-16(11-5-1)19(17-12-6-2-7-13-17)18-14-8-3-9-15-18;;;/h4*1-15H;;;/q;;;;-4;;/p+4. The van der Waals surface area contributed by atoms with Gasteiger partial charge in [0, 0.05) is 0 Å². The molecule has 0 aliphatic carbocycles. The zero-order valence-corrected chi connectivity index (χ0v) is 49.1. The molecular formula is C72H66P4Ru. The van der Waals surface area contributed by atoms with Gasteiger partial charge in [-0.2, -0.15) is 0 Å². The summed E-state index contributed by atoms with van der Waals surface area (Å²) in [6.45, 7) is 0. The van der Waals surface area contributed by atoms with E-state index >= 15 is 0 Å². The van der Waals surface area contributed by atoms with Gasteiger partial charge in [0.2, 0.25) is 0 Å². The Bertz CT molecular complexity index is 2860. The van der Waals surface area contributed by atoms with Gasteiger partial charge in [-0.3, -0.25) is 0 Å². The fourth-order valence-electron chi connectivity index (χ4n) is 13.6. The van der Waals surface area contributed by atoms with E-state index in [1.165, 1.54) is 63.7 Å². The molecule has 5 heteroatoms. The number of hydrogen-bond donors (Lipinski definition) is 0. The normalized spacial score (nSPS) is 13.2. The number of benzene rings is 12. The van der Waals surface area contributed by atoms with Crippen LogP contribution >= 0.6 is 22.4 Å². The van der Waals surface area contributed by atoms with Crippen LogP contribution < -0.4 is 63.7 Å². The fourth-order valence-corrected chi connectivity index (χ4v) is 220. The average Bonchev–Trinajstić information content (AvgIpc) is 3.71. The molecule has 0 N–H and O–H groups in total. The first kappa shape index (κ1) is 50.8. The predicted molar refractivity (Wildman–Crippen MR) is 349 cm³/mol. The molecule has 0 bridgehead atoms. The first-order valence-corrected chi connectivity index (χ1v) is 46.4. The van der Waals surface area contributed by atoms with Crippen molar-refractivity contribution < 1.29 is 12.8 Å². The van der Waals surface area contributed by atoms with Crippen LogP contribution in [0, 0.1) is 0 Å². The van der Waals surface area contributed by atoms with Gasteiger partial charge in [-0.05, 0) is 0 Å². The van der Waals surface area contributed by atoms with Crippen molar-refractivity contribution >= 4 is 86.0 Å². The molecule has 0 saturated heterocycles. The van der Waals surface area contributed by atoms with Crippen LogP contribution in [0.4, 0.5) is 0 Å². The zero-order valence-electron chi connectivity index (χ0n) is 43.0. The summed E-state index contributed by atoms with van der Waals surface area (Å²) in [5, 5.41) is 17.6. The molecule has 382 valence electrons. The Balaban J connectivity index is 1.64. The van der Waals surface area contributed by atoms with E-state index in [1.54, 1.807) is 0 Å². The van der Waals surface area contributed by atoms with Crippen molar-refractivity contribution in [1.29, 1.82) is 0 Å². The van der Waals surface area contributed by atoms with Crippen LogP contribution in [0.25, 0.3) is 0 Å². The Hall–Kier alpha value is -7.02. The molecule has 0 aliphatic heterocycles. The SMILES string of the molecule is c1ccc([PH](c2ccccc2)(c2ccccc2)[RuH2]([PH](c2ccccc2)(c2ccccc2)c2ccccc2)([PH](c2ccccc2)(c2ccccc2)c2ccccc2)[PH](c2ccccc2)(c2ccccc2)c2ccccc2)cc1. The molecule has 0 unspecified atom stereocenters. The van der Waals surface area contributed by atoms with Crippen LogP contribution in [0.5, 0.6) is 0 Å². The van der Waals surface area contributed by atoms with Gasteiger partial charge in [0.05, 0.1) is 0 Å². The molecule has 0 radical (unpaired) electrons. The van der Waals surface area contributed by atoms with Crippen LogP contribution in [0.15, 0.2) is 364 Å². The molecule has 0 aliphatic rings. The van der Waals surface area contributed by atoms with E-state index in [1.807, 2.05) is 0 Å². The number of rotatable bonds is 16. The van der Waals surface area contributed by atoms with E-state index in [0.29, 0.717) is 0 Å². The molecule has 0 heterocycles. The second-order valence-corrected chi connectivity index (χ2v) is 82.2. The van der Waals surface area contributed by atoms with Gasteiger partial charge < -0.3 is 0 Å². The van der Waals surface area contributed by atoms with Gasteiger partial charge in [0.1, 0.15) is 0 Å². The van der Waals surface area contributed by atoms with Crippen LogP contribution in [-0.2, 0) is 12.8 Å². The Kier molecular flexibility index (Phi) is 14.9. The van der Waals surface area contributed by atoms with Crippen molar-refractivity contribution in [3.63, 3.8) is 0 Å². The zero-order chi connectivity index (χ0) is 51.9. The van der Waals surface area contributed by atoms with Gasteiger partial charge in [-0.25, -0.2) is 0 Å². The van der Waals surface area contributed by atoms with E-state index in [0.717, 1.165) is 0 Å². The predicted octanol–water partition coefficient (Wildman–Crippen LogP) is 12.2. The van der Waals surface area contributed by atoms with Crippen LogP contribution in [-0.4, -0.2) is 0 Å². The molecule has 0 fully saturated rings. The fraction of sp³-hybridized carbons (Fsp3) is 0.